The molecule has 2 unspecified atom stereocenters. The van der Waals surface area contributed by atoms with Gasteiger partial charge in [0.15, 0.2) is 0 Å². The van der Waals surface area contributed by atoms with E-state index < -0.39 is 21.8 Å². The summed E-state index contributed by atoms with van der Waals surface area (Å²) in [6.45, 7) is 5.51. The minimum absolute atomic E-state index is 0.0279. The average molecular weight is 669 g/mol. The molecule has 5 aromatic carbocycles. The third-order valence-corrected chi connectivity index (χ3v) is 13.9. The largest absolute Gasteiger partial charge is 0.431 e. The van der Waals surface area contributed by atoms with Gasteiger partial charge in [-0.05, 0) is 67.3 Å². The monoisotopic (exact) mass is 668 g/mol. The van der Waals surface area contributed by atoms with Crippen molar-refractivity contribution in [2.75, 3.05) is 0 Å². The standard InChI is InChI=1S/C42H38O4P2/c1-3-39(43)45-35-27-17-29-37(47(31-19-9-5-10-20-31)32-21-11-6-12-22-32)41(35)42-36(46-40(44)4-2)28-18-30-38(42)48(33-23-13-7-14-24-33)34-25-15-8-16-26-34/h3,5-17,19-29,38,42H,1,4,18,30H2,2H3. The zero-order valence-electron chi connectivity index (χ0n) is 26.9. The molecule has 0 heterocycles. The van der Waals surface area contributed by atoms with E-state index in [-0.39, 0.29) is 24.0 Å². The molecule has 6 rings (SSSR count). The highest BCUT2D eigenvalue weighted by molar-refractivity contribution is 7.80. The van der Waals surface area contributed by atoms with Gasteiger partial charge in [-0.15, -0.1) is 0 Å². The Labute approximate surface area is 285 Å². The smallest absolute Gasteiger partial charge is 0.335 e. The van der Waals surface area contributed by atoms with Crippen LogP contribution in [0.2, 0.25) is 0 Å². The highest BCUT2D eigenvalue weighted by atomic mass is 31.1. The first-order valence-electron chi connectivity index (χ1n) is 16.3. The fourth-order valence-electron chi connectivity index (χ4n) is 6.37. The van der Waals surface area contributed by atoms with Crippen LogP contribution in [0.3, 0.4) is 0 Å². The second-order valence-corrected chi connectivity index (χ2v) is 16.0. The van der Waals surface area contributed by atoms with Crippen LogP contribution >= 0.6 is 15.8 Å². The van der Waals surface area contributed by atoms with Crippen LogP contribution in [0.15, 0.2) is 164 Å². The molecule has 0 saturated carbocycles. The van der Waals surface area contributed by atoms with Crippen molar-refractivity contribution < 1.29 is 19.1 Å². The predicted molar refractivity (Wildman–Crippen MR) is 200 cm³/mol. The van der Waals surface area contributed by atoms with Crippen LogP contribution in [0.5, 0.6) is 5.75 Å². The number of ether oxygens (including phenoxy) is 2. The van der Waals surface area contributed by atoms with Crippen LogP contribution in [0.25, 0.3) is 0 Å². The SMILES string of the molecule is C=CC(=O)Oc1cccc(P(c2ccccc2)c2ccccc2)c1C1C(OC(=O)CC)=CCCC1P(c1ccccc1)c1ccccc1. The number of carbonyl (C=O) groups is 2. The Morgan fingerprint density at radius 1 is 0.708 bits per heavy atom. The molecule has 0 bridgehead atoms. The van der Waals surface area contributed by atoms with Gasteiger partial charge in [0.25, 0.3) is 0 Å². The summed E-state index contributed by atoms with van der Waals surface area (Å²) >= 11 is 0. The maximum atomic E-state index is 13.1. The van der Waals surface area contributed by atoms with Gasteiger partial charge in [-0.3, -0.25) is 4.79 Å². The first-order valence-corrected chi connectivity index (χ1v) is 19.0. The van der Waals surface area contributed by atoms with E-state index >= 15 is 0 Å². The van der Waals surface area contributed by atoms with E-state index in [1.807, 2.05) is 43.3 Å². The molecule has 0 saturated heterocycles. The van der Waals surface area contributed by atoms with Crippen molar-refractivity contribution in [3.8, 4) is 5.75 Å². The van der Waals surface area contributed by atoms with Crippen molar-refractivity contribution in [1.29, 1.82) is 0 Å². The van der Waals surface area contributed by atoms with E-state index in [1.165, 1.54) is 27.3 Å². The van der Waals surface area contributed by atoms with Gasteiger partial charge in [-0.25, -0.2) is 4.79 Å². The molecule has 48 heavy (non-hydrogen) atoms. The molecule has 0 fully saturated rings. The summed E-state index contributed by atoms with van der Waals surface area (Å²) in [5.74, 6) is -0.109. The van der Waals surface area contributed by atoms with Crippen molar-refractivity contribution >= 4 is 54.3 Å². The fourth-order valence-corrected chi connectivity index (χ4v) is 11.9. The van der Waals surface area contributed by atoms with Crippen LogP contribution in [-0.2, 0) is 14.3 Å². The average Bonchev–Trinajstić information content (AvgIpc) is 3.14. The van der Waals surface area contributed by atoms with Crippen LogP contribution in [-0.4, -0.2) is 17.6 Å². The second-order valence-electron chi connectivity index (χ2n) is 11.4. The molecule has 1 aliphatic rings. The van der Waals surface area contributed by atoms with E-state index in [2.05, 4.69) is 116 Å². The summed E-state index contributed by atoms with van der Waals surface area (Å²) in [7, 11) is -2.05. The number of allylic oxidation sites excluding steroid dienone is 2. The summed E-state index contributed by atoms with van der Waals surface area (Å²) in [4.78, 5) is 26.1. The molecular formula is C42H38O4P2. The molecule has 1 aliphatic carbocycles. The third kappa shape index (κ3) is 7.42. The molecule has 2 atom stereocenters. The first kappa shape index (κ1) is 33.3. The van der Waals surface area contributed by atoms with Crippen LogP contribution in [0, 0.1) is 0 Å². The summed E-state index contributed by atoms with van der Waals surface area (Å²) in [6, 6.07) is 48.2. The minimum atomic E-state index is -1.10. The van der Waals surface area contributed by atoms with Crippen molar-refractivity contribution in [3.63, 3.8) is 0 Å². The maximum absolute atomic E-state index is 13.1. The van der Waals surface area contributed by atoms with Crippen LogP contribution in [0.1, 0.15) is 37.7 Å². The number of carbonyl (C=O) groups excluding carboxylic acids is 2. The van der Waals surface area contributed by atoms with Gasteiger partial charge >= 0.3 is 11.9 Å². The number of rotatable bonds is 11. The second kappa shape index (κ2) is 16.0. The third-order valence-electron chi connectivity index (χ3n) is 8.42. The molecule has 240 valence electrons. The van der Waals surface area contributed by atoms with Gasteiger partial charge in [0.1, 0.15) is 11.5 Å². The van der Waals surface area contributed by atoms with Crippen LogP contribution in [0.4, 0.5) is 0 Å². The Morgan fingerprint density at radius 3 is 1.73 bits per heavy atom. The van der Waals surface area contributed by atoms with E-state index in [4.69, 9.17) is 9.47 Å². The minimum Gasteiger partial charge on any atom is -0.431 e. The number of hydrogen-bond donors (Lipinski definition) is 0. The molecule has 5 aromatic rings. The molecule has 0 amide bonds. The van der Waals surface area contributed by atoms with Crippen LogP contribution < -0.4 is 31.3 Å². The predicted octanol–water partition coefficient (Wildman–Crippen LogP) is 7.75. The lowest BCUT2D eigenvalue weighted by Gasteiger charge is -2.40. The lowest BCUT2D eigenvalue weighted by Crippen LogP contribution is -2.35. The Morgan fingerprint density at radius 2 is 1.23 bits per heavy atom. The number of benzene rings is 5. The summed E-state index contributed by atoms with van der Waals surface area (Å²) in [5, 5.41) is 5.88. The Bertz CT molecular complexity index is 1800. The normalized spacial score (nSPS) is 15.9. The molecule has 6 heteroatoms. The summed E-state index contributed by atoms with van der Waals surface area (Å²) in [6.07, 6.45) is 5.15. The fraction of sp³-hybridized carbons (Fsp3) is 0.143. The van der Waals surface area contributed by atoms with Gasteiger partial charge in [0.2, 0.25) is 0 Å². The van der Waals surface area contributed by atoms with E-state index in [1.54, 1.807) is 0 Å². The van der Waals surface area contributed by atoms with Crippen molar-refractivity contribution in [3.05, 3.63) is 170 Å². The molecular weight excluding hydrogens is 630 g/mol. The zero-order valence-corrected chi connectivity index (χ0v) is 28.7. The topological polar surface area (TPSA) is 52.6 Å². The molecule has 0 N–H and O–H groups in total. The van der Waals surface area contributed by atoms with E-state index in [0.717, 1.165) is 23.7 Å². The van der Waals surface area contributed by atoms with E-state index in [9.17, 15) is 9.59 Å². The molecule has 0 radical (unpaired) electrons. The van der Waals surface area contributed by atoms with Crippen molar-refractivity contribution in [2.24, 2.45) is 0 Å². The summed E-state index contributed by atoms with van der Waals surface area (Å²) < 4.78 is 12.4. The van der Waals surface area contributed by atoms with Gasteiger partial charge in [-0.1, -0.05) is 147 Å². The van der Waals surface area contributed by atoms with Gasteiger partial charge < -0.3 is 9.47 Å². The molecule has 4 nitrogen and oxygen atoms in total. The van der Waals surface area contributed by atoms with Gasteiger partial charge in [0, 0.05) is 23.7 Å². The Hall–Kier alpha value is -4.62. The highest BCUT2D eigenvalue weighted by Gasteiger charge is 2.42. The Kier molecular flexibility index (Phi) is 11.1. The van der Waals surface area contributed by atoms with Crippen molar-refractivity contribution in [2.45, 2.75) is 37.8 Å². The lowest BCUT2D eigenvalue weighted by molar-refractivity contribution is -0.139. The summed E-state index contributed by atoms with van der Waals surface area (Å²) in [5.41, 5.74) is 0.908. The van der Waals surface area contributed by atoms with E-state index in [0.29, 0.717) is 11.5 Å². The number of esters is 2. The number of hydrogen-bond acceptors (Lipinski definition) is 4. The van der Waals surface area contributed by atoms with Gasteiger partial charge in [0.05, 0.1) is 5.92 Å². The molecule has 0 aliphatic heterocycles. The van der Waals surface area contributed by atoms with Gasteiger partial charge in [-0.2, -0.15) is 0 Å². The first-order chi connectivity index (χ1) is 23.6. The maximum Gasteiger partial charge on any atom is 0.335 e. The van der Waals surface area contributed by atoms with Crippen molar-refractivity contribution in [1.82, 2.24) is 0 Å². The highest BCUT2D eigenvalue weighted by Crippen LogP contribution is 2.55. The lowest BCUT2D eigenvalue weighted by atomic mass is 9.86. The molecule has 0 aromatic heterocycles. The molecule has 0 spiro atoms. The zero-order chi connectivity index (χ0) is 33.3. The Balaban J connectivity index is 1.66. The quantitative estimate of drug-likeness (QED) is 0.0626.